The second kappa shape index (κ2) is 7.31. The van der Waals surface area contributed by atoms with E-state index in [2.05, 4.69) is 102 Å². The second-order valence-corrected chi connectivity index (χ2v) is 8.66. The minimum Gasteiger partial charge on any atom is -0.355 e. The van der Waals surface area contributed by atoms with Gasteiger partial charge in [-0.3, -0.25) is 0 Å². The predicted octanol–water partition coefficient (Wildman–Crippen LogP) is 7.71. The number of nitrogens with one attached hydrogen (secondary N) is 1. The molecule has 0 fully saturated rings. The molecule has 4 aromatic carbocycles. The highest BCUT2D eigenvalue weighted by Crippen LogP contribution is 2.39. The summed E-state index contributed by atoms with van der Waals surface area (Å²) in [5.41, 5.74) is 10.4. The summed E-state index contributed by atoms with van der Waals surface area (Å²) in [6.07, 6.45) is 4.94. The van der Waals surface area contributed by atoms with E-state index in [9.17, 15) is 0 Å². The highest BCUT2D eigenvalue weighted by molar-refractivity contribution is 6.15. The SMILES string of the molecule is Cc1ccc(-n2c3ccccc3c3c(Nc4cccc5c4CCCC5)cccc32)cc1. The normalized spacial score (nSPS) is 13.5. The molecular weight excluding hydrogens is 376 g/mol. The van der Waals surface area contributed by atoms with E-state index in [1.54, 1.807) is 0 Å². The van der Waals surface area contributed by atoms with E-state index in [0.717, 1.165) is 0 Å². The van der Waals surface area contributed by atoms with Crippen molar-refractivity contribution in [2.24, 2.45) is 0 Å². The molecule has 31 heavy (non-hydrogen) atoms. The van der Waals surface area contributed by atoms with Gasteiger partial charge in [-0.05, 0) is 80.1 Å². The number of aromatic nitrogens is 1. The zero-order valence-corrected chi connectivity index (χ0v) is 17.9. The summed E-state index contributed by atoms with van der Waals surface area (Å²) in [6.45, 7) is 2.14. The average molecular weight is 403 g/mol. The van der Waals surface area contributed by atoms with Crippen molar-refractivity contribution in [1.29, 1.82) is 0 Å². The molecule has 1 aromatic heterocycles. The summed E-state index contributed by atoms with van der Waals surface area (Å²) < 4.78 is 2.38. The lowest BCUT2D eigenvalue weighted by Gasteiger charge is -2.20. The van der Waals surface area contributed by atoms with Crippen molar-refractivity contribution >= 4 is 33.2 Å². The molecule has 2 heteroatoms. The summed E-state index contributed by atoms with van der Waals surface area (Å²) in [4.78, 5) is 0. The van der Waals surface area contributed by atoms with Crippen LogP contribution in [0.3, 0.4) is 0 Å². The summed E-state index contributed by atoms with van der Waals surface area (Å²) in [5.74, 6) is 0. The second-order valence-electron chi connectivity index (χ2n) is 8.66. The van der Waals surface area contributed by atoms with Gasteiger partial charge in [0.25, 0.3) is 0 Å². The Morgan fingerprint density at radius 1 is 0.677 bits per heavy atom. The number of hydrogen-bond donors (Lipinski definition) is 1. The third-order valence-corrected chi connectivity index (χ3v) is 6.66. The Balaban J connectivity index is 1.58. The standard InChI is InChI=1S/C29H26N2/c1-20-16-18-22(19-17-20)31-27-14-5-4-11-24(27)29-26(13-7-15-28(29)31)30-25-12-6-9-21-8-2-3-10-23(21)25/h4-7,9,11-19,30H,2-3,8,10H2,1H3. The van der Waals surface area contributed by atoms with Crippen molar-refractivity contribution in [3.8, 4) is 5.69 Å². The van der Waals surface area contributed by atoms with Crippen molar-refractivity contribution in [2.45, 2.75) is 32.6 Å². The molecule has 0 aliphatic heterocycles. The molecule has 0 unspecified atom stereocenters. The summed E-state index contributed by atoms with van der Waals surface area (Å²) in [7, 11) is 0. The molecule has 0 atom stereocenters. The first-order valence-electron chi connectivity index (χ1n) is 11.3. The van der Waals surface area contributed by atoms with Crippen LogP contribution in [0.1, 0.15) is 29.5 Å². The number of fused-ring (bicyclic) bond motifs is 4. The van der Waals surface area contributed by atoms with E-state index < -0.39 is 0 Å². The largest absolute Gasteiger partial charge is 0.355 e. The molecule has 0 bridgehead atoms. The zero-order valence-electron chi connectivity index (χ0n) is 17.9. The highest BCUT2D eigenvalue weighted by Gasteiger charge is 2.17. The van der Waals surface area contributed by atoms with Crippen molar-refractivity contribution < 1.29 is 0 Å². The maximum Gasteiger partial charge on any atom is 0.0562 e. The highest BCUT2D eigenvalue weighted by atomic mass is 15.0. The Labute approximate surface area is 183 Å². The maximum atomic E-state index is 3.83. The van der Waals surface area contributed by atoms with E-state index in [4.69, 9.17) is 0 Å². The van der Waals surface area contributed by atoms with Crippen molar-refractivity contribution in [3.05, 3.63) is 102 Å². The number of aryl methyl sites for hydroxylation is 2. The van der Waals surface area contributed by atoms with E-state index in [0.29, 0.717) is 0 Å². The van der Waals surface area contributed by atoms with Crippen molar-refractivity contribution in [2.75, 3.05) is 5.32 Å². The first kappa shape index (κ1) is 18.3. The lowest BCUT2D eigenvalue weighted by molar-refractivity contribution is 0.687. The molecule has 1 N–H and O–H groups in total. The van der Waals surface area contributed by atoms with Gasteiger partial charge in [0.1, 0.15) is 0 Å². The van der Waals surface area contributed by atoms with Crippen LogP contribution in [-0.2, 0) is 12.8 Å². The average Bonchev–Trinajstić information content (AvgIpc) is 3.15. The third-order valence-electron chi connectivity index (χ3n) is 6.66. The Morgan fingerprint density at radius 2 is 1.42 bits per heavy atom. The molecule has 1 heterocycles. The summed E-state index contributed by atoms with van der Waals surface area (Å²) in [5, 5.41) is 6.40. The van der Waals surface area contributed by atoms with Crippen molar-refractivity contribution in [1.82, 2.24) is 4.57 Å². The molecule has 0 amide bonds. The van der Waals surface area contributed by atoms with E-state index in [-0.39, 0.29) is 0 Å². The fourth-order valence-corrected chi connectivity index (χ4v) is 5.14. The minimum absolute atomic E-state index is 1.17. The van der Waals surface area contributed by atoms with E-state index >= 15 is 0 Å². The Hall–Kier alpha value is -3.52. The van der Waals surface area contributed by atoms with Gasteiger partial charge in [-0.25, -0.2) is 0 Å². The maximum absolute atomic E-state index is 3.83. The Kier molecular flexibility index (Phi) is 4.31. The van der Waals surface area contributed by atoms with Crippen LogP contribution in [0.15, 0.2) is 84.9 Å². The quantitative estimate of drug-likeness (QED) is 0.327. The van der Waals surface area contributed by atoms with Gasteiger partial charge in [0.2, 0.25) is 0 Å². The lowest BCUT2D eigenvalue weighted by Crippen LogP contribution is -2.06. The topological polar surface area (TPSA) is 17.0 Å². The van der Waals surface area contributed by atoms with Gasteiger partial charge in [0.05, 0.1) is 11.0 Å². The van der Waals surface area contributed by atoms with Crippen LogP contribution in [0, 0.1) is 6.92 Å². The van der Waals surface area contributed by atoms with E-state index in [1.165, 1.54) is 81.2 Å². The van der Waals surface area contributed by atoms with Crippen molar-refractivity contribution in [3.63, 3.8) is 0 Å². The Morgan fingerprint density at radius 3 is 2.32 bits per heavy atom. The number of benzene rings is 4. The van der Waals surface area contributed by atoms with Crippen LogP contribution in [0.4, 0.5) is 11.4 Å². The number of nitrogens with zero attached hydrogens (tertiary/aromatic N) is 1. The number of anilines is 2. The first-order valence-corrected chi connectivity index (χ1v) is 11.3. The van der Waals surface area contributed by atoms with Crippen LogP contribution < -0.4 is 5.32 Å². The smallest absolute Gasteiger partial charge is 0.0562 e. The van der Waals surface area contributed by atoms with Gasteiger partial charge in [0, 0.05) is 27.8 Å². The third kappa shape index (κ3) is 3.02. The molecule has 0 spiro atoms. The fourth-order valence-electron chi connectivity index (χ4n) is 5.14. The van der Waals surface area contributed by atoms with Crippen LogP contribution in [0.25, 0.3) is 27.5 Å². The fraction of sp³-hybridized carbons (Fsp3) is 0.172. The lowest BCUT2D eigenvalue weighted by atomic mass is 9.90. The monoisotopic (exact) mass is 402 g/mol. The van der Waals surface area contributed by atoms with Crippen LogP contribution in [0.5, 0.6) is 0 Å². The summed E-state index contributed by atoms with van der Waals surface area (Å²) in [6, 6.07) is 30.9. The van der Waals surface area contributed by atoms with Gasteiger partial charge in [-0.15, -0.1) is 0 Å². The molecule has 6 rings (SSSR count). The van der Waals surface area contributed by atoms with Gasteiger partial charge in [-0.2, -0.15) is 0 Å². The van der Waals surface area contributed by atoms with Gasteiger partial charge in [0.15, 0.2) is 0 Å². The first-order chi connectivity index (χ1) is 15.3. The molecule has 0 saturated carbocycles. The number of para-hydroxylation sites is 1. The number of rotatable bonds is 3. The van der Waals surface area contributed by atoms with Gasteiger partial charge in [-0.1, -0.05) is 54.1 Å². The Bertz CT molecular complexity index is 1410. The van der Waals surface area contributed by atoms with Crippen LogP contribution >= 0.6 is 0 Å². The van der Waals surface area contributed by atoms with Gasteiger partial charge < -0.3 is 9.88 Å². The molecule has 1 aliphatic carbocycles. The molecular formula is C29H26N2. The summed E-state index contributed by atoms with van der Waals surface area (Å²) >= 11 is 0. The molecule has 0 radical (unpaired) electrons. The molecule has 152 valence electrons. The predicted molar refractivity (Wildman–Crippen MR) is 132 cm³/mol. The van der Waals surface area contributed by atoms with Crippen LogP contribution in [0.2, 0.25) is 0 Å². The van der Waals surface area contributed by atoms with Crippen LogP contribution in [-0.4, -0.2) is 4.57 Å². The van der Waals surface area contributed by atoms with Gasteiger partial charge >= 0.3 is 0 Å². The minimum atomic E-state index is 1.17. The molecule has 5 aromatic rings. The number of hydrogen-bond acceptors (Lipinski definition) is 1. The zero-order chi connectivity index (χ0) is 20.8. The molecule has 2 nitrogen and oxygen atoms in total. The van der Waals surface area contributed by atoms with E-state index in [1.807, 2.05) is 0 Å². The molecule has 0 saturated heterocycles. The molecule has 1 aliphatic rings.